The van der Waals surface area contributed by atoms with Crippen molar-refractivity contribution in [3.8, 4) is 11.1 Å². The zero-order valence-electron chi connectivity index (χ0n) is 18.5. The van der Waals surface area contributed by atoms with Crippen LogP contribution in [0.2, 0.25) is 0 Å². The van der Waals surface area contributed by atoms with Crippen molar-refractivity contribution in [1.29, 1.82) is 0 Å². The van der Waals surface area contributed by atoms with Gasteiger partial charge in [0.2, 0.25) is 0 Å². The number of amides is 1. The van der Waals surface area contributed by atoms with Crippen LogP contribution in [0.1, 0.15) is 31.2 Å². The Balaban J connectivity index is 1.80. The largest absolute Gasteiger partial charge is 0.522 e. The molecule has 1 aliphatic rings. The molecule has 2 heterocycles. The predicted octanol–water partition coefficient (Wildman–Crippen LogP) is 3.08. The van der Waals surface area contributed by atoms with Crippen LogP contribution in [0.5, 0.6) is 0 Å². The Labute approximate surface area is 194 Å². The molecule has 1 aromatic carbocycles. The van der Waals surface area contributed by atoms with Gasteiger partial charge in [-0.15, -0.1) is 13.2 Å². The summed E-state index contributed by atoms with van der Waals surface area (Å²) in [5.41, 5.74) is 14.7. The molecule has 12 heteroatoms. The number of nitrogens with two attached hydrogens (primary N) is 2. The molecule has 9 nitrogen and oxygen atoms in total. The highest BCUT2D eigenvalue weighted by molar-refractivity contribution is 6.05. The Morgan fingerprint density at radius 3 is 2.56 bits per heavy atom. The molecule has 182 valence electrons. The first-order valence-corrected chi connectivity index (χ1v) is 10.5. The lowest BCUT2D eigenvalue weighted by Crippen LogP contribution is -2.35. The second kappa shape index (κ2) is 11.2. The van der Waals surface area contributed by atoms with Gasteiger partial charge in [-0.05, 0) is 24.1 Å². The molecular weight excluding hydrogens is 453 g/mol. The van der Waals surface area contributed by atoms with E-state index in [1.54, 1.807) is 24.5 Å². The quantitative estimate of drug-likeness (QED) is 0.419. The fourth-order valence-corrected chi connectivity index (χ4v) is 3.21. The first kappa shape index (κ1) is 25.3. The van der Waals surface area contributed by atoms with Crippen molar-refractivity contribution in [2.24, 2.45) is 16.5 Å². The molecule has 34 heavy (non-hydrogen) atoms. The van der Waals surface area contributed by atoms with Crippen LogP contribution in [0.3, 0.4) is 0 Å². The Kier molecular flexibility index (Phi) is 8.31. The number of hydroxylamine groups is 2. The van der Waals surface area contributed by atoms with Gasteiger partial charge in [0.05, 0.1) is 25.4 Å². The van der Waals surface area contributed by atoms with Gasteiger partial charge < -0.3 is 11.5 Å². The molecule has 0 saturated carbocycles. The minimum Gasteiger partial charge on any atom is -0.387 e. The second-order valence-electron chi connectivity index (χ2n) is 7.35. The van der Waals surface area contributed by atoms with Gasteiger partial charge in [-0.25, -0.2) is 20.0 Å². The molecule has 0 radical (unpaired) electrons. The maximum atomic E-state index is 13.1. The maximum Gasteiger partial charge on any atom is 0.522 e. The number of hydrogen-bond donors (Lipinski definition) is 2. The number of nitrogens with zero attached hydrogens (tertiary/aromatic N) is 4. The number of ether oxygens (including phenoxy) is 1. The van der Waals surface area contributed by atoms with Gasteiger partial charge in [-0.2, -0.15) is 0 Å². The van der Waals surface area contributed by atoms with Crippen molar-refractivity contribution < 1.29 is 27.5 Å². The number of benzene rings is 1. The molecule has 0 saturated heterocycles. The molecule has 0 aliphatic carbocycles. The third kappa shape index (κ3) is 6.83. The number of rotatable bonds is 9. The van der Waals surface area contributed by atoms with Gasteiger partial charge in [0, 0.05) is 42.1 Å². The highest BCUT2D eigenvalue weighted by atomic mass is 19.4. The summed E-state index contributed by atoms with van der Waals surface area (Å²) in [5, 5.41) is 1.02. The third-order valence-electron chi connectivity index (χ3n) is 4.74. The van der Waals surface area contributed by atoms with Crippen LogP contribution in [-0.2, 0) is 20.9 Å². The Morgan fingerprint density at radius 2 is 1.91 bits per heavy atom. The Morgan fingerprint density at radius 1 is 1.18 bits per heavy atom. The number of fused-ring (bicyclic) bond motifs is 1. The predicted molar refractivity (Wildman–Crippen MR) is 119 cm³/mol. The summed E-state index contributed by atoms with van der Waals surface area (Å²) in [4.78, 5) is 31.1. The summed E-state index contributed by atoms with van der Waals surface area (Å²) in [5.74, 6) is 0.229. The van der Waals surface area contributed by atoms with E-state index >= 15 is 0 Å². The SMILES string of the molecule is CCCN(OCCOC(F)(F)F)C(=O)C1=Cc2ccc(-c3cnc(CN)nc3)cc2N=C(N)C1. The molecule has 0 bridgehead atoms. The monoisotopic (exact) mass is 478 g/mol. The molecule has 2 aromatic rings. The normalized spacial score (nSPS) is 13.6. The van der Waals surface area contributed by atoms with Crippen molar-refractivity contribution >= 4 is 23.5 Å². The van der Waals surface area contributed by atoms with Gasteiger partial charge in [-0.3, -0.25) is 14.4 Å². The van der Waals surface area contributed by atoms with Gasteiger partial charge in [0.15, 0.2) is 0 Å². The van der Waals surface area contributed by atoms with Gasteiger partial charge >= 0.3 is 6.36 Å². The van der Waals surface area contributed by atoms with Crippen LogP contribution in [0.15, 0.2) is 41.2 Å². The maximum absolute atomic E-state index is 13.1. The first-order chi connectivity index (χ1) is 16.2. The van der Waals surface area contributed by atoms with Crippen LogP contribution < -0.4 is 11.5 Å². The topological polar surface area (TPSA) is 129 Å². The lowest BCUT2D eigenvalue weighted by molar-refractivity contribution is -0.330. The smallest absolute Gasteiger partial charge is 0.387 e. The van der Waals surface area contributed by atoms with Crippen LogP contribution in [-0.4, -0.2) is 52.9 Å². The molecular formula is C22H25F3N6O3. The third-order valence-corrected chi connectivity index (χ3v) is 4.74. The zero-order chi connectivity index (χ0) is 24.7. The van der Waals surface area contributed by atoms with E-state index in [1.165, 1.54) is 0 Å². The second-order valence-corrected chi connectivity index (χ2v) is 7.35. The minimum absolute atomic E-state index is 0.0553. The van der Waals surface area contributed by atoms with Crippen molar-refractivity contribution in [3.63, 3.8) is 0 Å². The molecule has 3 rings (SSSR count). The van der Waals surface area contributed by atoms with E-state index < -0.39 is 25.5 Å². The number of halogens is 3. The fourth-order valence-electron chi connectivity index (χ4n) is 3.21. The van der Waals surface area contributed by atoms with Crippen molar-refractivity contribution in [2.45, 2.75) is 32.7 Å². The number of alkyl halides is 3. The van der Waals surface area contributed by atoms with E-state index in [2.05, 4.69) is 19.7 Å². The lowest BCUT2D eigenvalue weighted by Gasteiger charge is -2.22. The molecule has 1 amide bonds. The van der Waals surface area contributed by atoms with Crippen LogP contribution in [0.25, 0.3) is 17.2 Å². The van der Waals surface area contributed by atoms with E-state index in [0.29, 0.717) is 29.1 Å². The number of hydrogen-bond acceptors (Lipinski definition) is 8. The molecule has 1 aliphatic heterocycles. The van der Waals surface area contributed by atoms with Crippen molar-refractivity contribution in [3.05, 3.63) is 47.6 Å². The fraction of sp³-hybridized carbons (Fsp3) is 0.364. The highest BCUT2D eigenvalue weighted by Gasteiger charge is 2.29. The molecule has 0 spiro atoms. The average molecular weight is 478 g/mol. The first-order valence-electron chi connectivity index (χ1n) is 10.5. The van der Waals surface area contributed by atoms with Gasteiger partial charge in [-0.1, -0.05) is 19.1 Å². The van der Waals surface area contributed by atoms with Crippen molar-refractivity contribution in [1.82, 2.24) is 15.0 Å². The molecule has 1 aromatic heterocycles. The number of amidine groups is 1. The van der Waals surface area contributed by atoms with Crippen LogP contribution >= 0.6 is 0 Å². The lowest BCUT2D eigenvalue weighted by atomic mass is 10.0. The average Bonchev–Trinajstić information content (AvgIpc) is 2.97. The van der Waals surface area contributed by atoms with E-state index in [1.807, 2.05) is 19.1 Å². The van der Waals surface area contributed by atoms with E-state index in [9.17, 15) is 18.0 Å². The summed E-state index contributed by atoms with van der Waals surface area (Å²) >= 11 is 0. The number of aliphatic imine (C=N–C) groups is 1. The number of aromatic nitrogens is 2. The van der Waals surface area contributed by atoms with Crippen LogP contribution in [0, 0.1) is 0 Å². The summed E-state index contributed by atoms with van der Waals surface area (Å²) in [6.07, 6.45) is 0.797. The summed E-state index contributed by atoms with van der Waals surface area (Å²) in [6, 6.07) is 5.44. The van der Waals surface area contributed by atoms with E-state index in [4.69, 9.17) is 16.3 Å². The van der Waals surface area contributed by atoms with Gasteiger partial charge in [0.25, 0.3) is 5.91 Å². The summed E-state index contributed by atoms with van der Waals surface area (Å²) in [6.45, 7) is 1.06. The van der Waals surface area contributed by atoms with Crippen LogP contribution in [0.4, 0.5) is 18.9 Å². The summed E-state index contributed by atoms with van der Waals surface area (Å²) in [7, 11) is 0. The number of carbonyl (C=O) groups excluding carboxylic acids is 1. The number of carbonyl (C=O) groups is 1. The summed E-state index contributed by atoms with van der Waals surface area (Å²) < 4.78 is 40.2. The van der Waals surface area contributed by atoms with Gasteiger partial charge in [0.1, 0.15) is 11.7 Å². The standard InChI is InChI=1S/C22H25F3N6O3/c1-2-5-31(34-7-6-33-22(23,24)25)21(32)16-8-15-4-3-14(9-18(15)30-19(27)10-16)17-12-28-20(11-26)29-13-17/h3-4,8-9,12-13H,2,5-7,10-11,26H2,1H3,(H2,27,30). The molecule has 4 N–H and O–H groups in total. The molecule has 0 atom stereocenters. The minimum atomic E-state index is -4.77. The Bertz CT molecular complexity index is 1070. The van der Waals surface area contributed by atoms with E-state index in [0.717, 1.165) is 16.2 Å². The van der Waals surface area contributed by atoms with Crippen molar-refractivity contribution in [2.75, 3.05) is 19.8 Å². The Hall–Kier alpha value is -3.35. The highest BCUT2D eigenvalue weighted by Crippen LogP contribution is 2.31. The molecule has 0 fully saturated rings. The zero-order valence-corrected chi connectivity index (χ0v) is 18.5. The molecule has 0 unspecified atom stereocenters. The van der Waals surface area contributed by atoms with E-state index in [-0.39, 0.29) is 25.3 Å².